The van der Waals surface area contributed by atoms with Gasteiger partial charge in [0.05, 0.1) is 0 Å². The molecule has 6 N–H and O–H groups in total. The summed E-state index contributed by atoms with van der Waals surface area (Å²) in [5, 5.41) is 9.95. The van der Waals surface area contributed by atoms with Crippen molar-refractivity contribution in [3.05, 3.63) is 29.8 Å². The number of ether oxygens (including phenoxy) is 2. The monoisotopic (exact) mass is 475 g/mol. The lowest BCUT2D eigenvalue weighted by molar-refractivity contribution is -0.126. The van der Waals surface area contributed by atoms with Gasteiger partial charge in [0.2, 0.25) is 25.5 Å². The predicted molar refractivity (Wildman–Crippen MR) is 124 cm³/mol. The highest BCUT2D eigenvalue weighted by Gasteiger charge is 2.22. The lowest BCUT2D eigenvalue weighted by Gasteiger charge is -2.21. The minimum atomic E-state index is -0.958. The van der Waals surface area contributed by atoms with Gasteiger partial charge in [0, 0.05) is 12.2 Å². The van der Waals surface area contributed by atoms with Crippen LogP contribution in [-0.4, -0.2) is 62.4 Å². The first kappa shape index (κ1) is 28.3. The summed E-state index contributed by atoms with van der Waals surface area (Å²) >= 11 is 0. The molecular weight excluding hydrogens is 445 g/mol. The summed E-state index contributed by atoms with van der Waals surface area (Å²) in [6.07, 6.45) is -0.228. The number of benzene rings is 1. The van der Waals surface area contributed by atoms with Crippen molar-refractivity contribution in [1.29, 1.82) is 0 Å². The molecule has 12 nitrogen and oxygen atoms in total. The summed E-state index contributed by atoms with van der Waals surface area (Å²) in [5.74, 6) is -2.01. The van der Waals surface area contributed by atoms with Crippen LogP contribution in [-0.2, 0) is 25.7 Å². The van der Waals surface area contributed by atoms with E-state index in [0.29, 0.717) is 17.7 Å². The van der Waals surface area contributed by atoms with E-state index >= 15 is 0 Å². The minimum absolute atomic E-state index is 0.0141. The molecule has 0 saturated carbocycles. The molecule has 0 aromatic heterocycles. The average Bonchev–Trinajstić information content (AvgIpc) is 2.72. The molecule has 34 heavy (non-hydrogen) atoms. The molecule has 2 radical (unpaired) electrons. The molecule has 0 fully saturated rings. The first-order valence-corrected chi connectivity index (χ1v) is 10.5. The van der Waals surface area contributed by atoms with Crippen molar-refractivity contribution in [2.75, 3.05) is 18.4 Å². The predicted octanol–water partition coefficient (Wildman–Crippen LogP) is 0.888. The molecule has 0 spiro atoms. The molecule has 13 heteroatoms. The zero-order chi connectivity index (χ0) is 25.7. The maximum atomic E-state index is 12.8. The van der Waals surface area contributed by atoms with Crippen LogP contribution in [0.1, 0.15) is 39.2 Å². The summed E-state index contributed by atoms with van der Waals surface area (Å²) in [4.78, 5) is 58.3. The smallest absolute Gasteiger partial charge is 0.408 e. The van der Waals surface area contributed by atoms with Crippen LogP contribution in [0.5, 0.6) is 0 Å². The van der Waals surface area contributed by atoms with Crippen molar-refractivity contribution in [1.82, 2.24) is 16.0 Å². The van der Waals surface area contributed by atoms with E-state index in [1.54, 1.807) is 45.0 Å². The number of alkyl carbamates (subject to hydrolysis) is 1. The van der Waals surface area contributed by atoms with Crippen molar-refractivity contribution in [3.8, 4) is 0 Å². The van der Waals surface area contributed by atoms with Gasteiger partial charge >= 0.3 is 12.1 Å². The first-order chi connectivity index (χ1) is 15.9. The molecule has 1 unspecified atom stereocenters. The van der Waals surface area contributed by atoms with Crippen LogP contribution in [0.4, 0.5) is 20.1 Å². The second-order valence-electron chi connectivity index (χ2n) is 8.20. The second-order valence-corrected chi connectivity index (χ2v) is 8.20. The van der Waals surface area contributed by atoms with Gasteiger partial charge in [-0.25, -0.2) is 9.59 Å². The molecule has 184 valence electrons. The van der Waals surface area contributed by atoms with Crippen molar-refractivity contribution in [2.45, 2.75) is 51.9 Å². The topological polar surface area (TPSA) is 178 Å². The SMILES string of the molecule is [B]C(=O)OCc1ccc(NC(=O)C(CCCNC(N)=O)NC(=O)CNC(=O)OC(C)(C)C)cc1. The molecule has 0 bridgehead atoms. The van der Waals surface area contributed by atoms with Crippen molar-refractivity contribution < 1.29 is 33.4 Å². The Balaban J connectivity index is 2.71. The number of rotatable bonds is 11. The Labute approximate surface area is 199 Å². The number of nitrogens with one attached hydrogen (secondary N) is 4. The summed E-state index contributed by atoms with van der Waals surface area (Å²) in [6, 6.07) is 4.79. The van der Waals surface area contributed by atoms with Crippen LogP contribution in [0, 0.1) is 0 Å². The fourth-order valence-electron chi connectivity index (χ4n) is 2.57. The van der Waals surface area contributed by atoms with Gasteiger partial charge in [0.25, 0.3) is 0 Å². The third-order valence-corrected chi connectivity index (χ3v) is 4.02. The Kier molecular flexibility index (Phi) is 11.4. The lowest BCUT2D eigenvalue weighted by Crippen LogP contribution is -2.48. The zero-order valence-electron chi connectivity index (χ0n) is 19.4. The molecule has 1 aromatic rings. The van der Waals surface area contributed by atoms with E-state index in [2.05, 4.69) is 21.3 Å². The maximum absolute atomic E-state index is 12.8. The number of carbonyl (C=O) groups is 5. The molecular formula is C21H30BN5O7. The van der Waals surface area contributed by atoms with Gasteiger partial charge in [-0.3, -0.25) is 14.4 Å². The summed E-state index contributed by atoms with van der Waals surface area (Å²) < 4.78 is 9.76. The maximum Gasteiger partial charge on any atom is 0.408 e. The van der Waals surface area contributed by atoms with Crippen LogP contribution in [0.15, 0.2) is 24.3 Å². The molecule has 5 amide bonds. The van der Waals surface area contributed by atoms with E-state index in [0.717, 1.165) is 0 Å². The van der Waals surface area contributed by atoms with E-state index in [-0.39, 0.29) is 19.6 Å². The van der Waals surface area contributed by atoms with Crippen LogP contribution in [0.2, 0.25) is 0 Å². The van der Waals surface area contributed by atoms with Gasteiger partial charge in [0.15, 0.2) is 0 Å². The number of nitrogens with two attached hydrogens (primary N) is 1. The third kappa shape index (κ3) is 12.9. The van der Waals surface area contributed by atoms with E-state index in [1.807, 2.05) is 0 Å². The Morgan fingerprint density at radius 2 is 1.71 bits per heavy atom. The fourth-order valence-corrected chi connectivity index (χ4v) is 2.57. The minimum Gasteiger partial charge on any atom is -0.470 e. The number of carbonyl (C=O) groups excluding carboxylic acids is 5. The molecule has 1 atom stereocenters. The Bertz CT molecular complexity index is 871. The number of anilines is 1. The third-order valence-electron chi connectivity index (χ3n) is 4.02. The first-order valence-electron chi connectivity index (χ1n) is 10.5. The van der Waals surface area contributed by atoms with Gasteiger partial charge < -0.3 is 36.5 Å². The molecule has 0 aliphatic heterocycles. The zero-order valence-corrected chi connectivity index (χ0v) is 19.4. The average molecular weight is 475 g/mol. The van der Waals surface area contributed by atoms with Crippen molar-refractivity contribution >= 4 is 43.3 Å². The Morgan fingerprint density at radius 3 is 2.26 bits per heavy atom. The normalized spacial score (nSPS) is 11.5. The highest BCUT2D eigenvalue weighted by atomic mass is 16.6. The largest absolute Gasteiger partial charge is 0.470 e. The van der Waals surface area contributed by atoms with Crippen LogP contribution in [0.3, 0.4) is 0 Å². The van der Waals surface area contributed by atoms with Gasteiger partial charge in [-0.2, -0.15) is 0 Å². The van der Waals surface area contributed by atoms with E-state index in [9.17, 15) is 24.0 Å². The summed E-state index contributed by atoms with van der Waals surface area (Å²) in [6.45, 7) is 4.85. The lowest BCUT2D eigenvalue weighted by atomic mass is 10.1. The molecule has 1 rings (SSSR count). The highest BCUT2D eigenvalue weighted by molar-refractivity contribution is 6.55. The van der Waals surface area contributed by atoms with Crippen molar-refractivity contribution in [3.63, 3.8) is 0 Å². The molecule has 0 aliphatic rings. The van der Waals surface area contributed by atoms with Gasteiger partial charge in [-0.1, -0.05) is 12.1 Å². The second kappa shape index (κ2) is 13.7. The van der Waals surface area contributed by atoms with Crippen LogP contribution in [0.25, 0.3) is 0 Å². The van der Waals surface area contributed by atoms with Gasteiger partial charge in [-0.15, -0.1) is 0 Å². The fraction of sp³-hybridized carbons (Fsp3) is 0.476. The standard InChI is InChI=1S/C21H30BN5O7/c1-21(2,3)34-20(32)25-11-16(28)27-15(5-4-10-24-19(23)31)17(29)26-14-8-6-13(7-9-14)12-33-18(22)30/h6-9,15H,4-5,10-12H2,1-3H3,(H,25,32)(H,26,29)(H,27,28)(H3,23,24,31). The number of amides is 5. The van der Waals surface area contributed by atoms with E-state index in [4.69, 9.17) is 23.1 Å². The van der Waals surface area contributed by atoms with Gasteiger partial charge in [-0.05, 0) is 51.3 Å². The Morgan fingerprint density at radius 1 is 1.06 bits per heavy atom. The number of urea groups is 1. The molecule has 0 heterocycles. The molecule has 0 aliphatic carbocycles. The molecule has 0 saturated heterocycles. The number of hydrogen-bond donors (Lipinski definition) is 5. The van der Waals surface area contributed by atoms with E-state index in [1.165, 1.54) is 0 Å². The highest BCUT2D eigenvalue weighted by Crippen LogP contribution is 2.12. The number of hydrogen-bond acceptors (Lipinski definition) is 7. The van der Waals surface area contributed by atoms with E-state index < -0.39 is 48.0 Å². The molecule has 1 aromatic carbocycles. The summed E-state index contributed by atoms with van der Waals surface area (Å²) in [5.41, 5.74) is 5.40. The summed E-state index contributed by atoms with van der Waals surface area (Å²) in [7, 11) is 4.93. The van der Waals surface area contributed by atoms with Crippen LogP contribution < -0.4 is 27.0 Å². The quantitative estimate of drug-likeness (QED) is 0.233. The van der Waals surface area contributed by atoms with Crippen LogP contribution >= 0.6 is 0 Å². The Hall–Kier alpha value is -3.77. The number of primary amides is 1. The van der Waals surface area contributed by atoms with Crippen molar-refractivity contribution in [2.24, 2.45) is 5.73 Å². The van der Waals surface area contributed by atoms with Gasteiger partial charge in [0.1, 0.15) is 24.8 Å².